The van der Waals surface area contributed by atoms with E-state index in [0.717, 1.165) is 12.0 Å². The van der Waals surface area contributed by atoms with Gasteiger partial charge in [-0.1, -0.05) is 54.4 Å². The van der Waals surface area contributed by atoms with Crippen molar-refractivity contribution in [3.05, 3.63) is 64.1 Å². The lowest BCUT2D eigenvalue weighted by Crippen LogP contribution is -2.50. The van der Waals surface area contributed by atoms with Crippen molar-refractivity contribution in [2.24, 2.45) is 0 Å². The minimum atomic E-state index is -0.685. The van der Waals surface area contributed by atoms with Gasteiger partial charge in [-0.2, -0.15) is 0 Å². The molecule has 0 fully saturated rings. The molecule has 2 aromatic carbocycles. The molecule has 2 amide bonds. The fourth-order valence-electron chi connectivity index (χ4n) is 2.64. The summed E-state index contributed by atoms with van der Waals surface area (Å²) in [6.45, 7) is 5.60. The van der Waals surface area contributed by atoms with Crippen LogP contribution < -0.4 is 10.1 Å². The fourth-order valence-corrected chi connectivity index (χ4v) is 3.02. The van der Waals surface area contributed by atoms with Gasteiger partial charge >= 0.3 is 0 Å². The number of ether oxygens (including phenoxy) is 1. The molecule has 5 nitrogen and oxygen atoms in total. The van der Waals surface area contributed by atoms with Crippen LogP contribution in [0, 0.1) is 0 Å². The lowest BCUT2D eigenvalue weighted by atomic mass is 10.1. The first-order valence-corrected chi connectivity index (χ1v) is 10.3. The molecule has 2 atom stereocenters. The van der Waals surface area contributed by atoms with Crippen LogP contribution in [0.5, 0.6) is 5.75 Å². The van der Waals surface area contributed by atoms with Gasteiger partial charge in [-0.25, -0.2) is 0 Å². The Morgan fingerprint density at radius 2 is 1.83 bits per heavy atom. The van der Waals surface area contributed by atoms with Crippen LogP contribution in [0.3, 0.4) is 0 Å². The second-order valence-corrected chi connectivity index (χ2v) is 7.70. The van der Waals surface area contributed by atoms with E-state index in [0.29, 0.717) is 15.8 Å². The second-order valence-electron chi connectivity index (χ2n) is 6.85. The standard InChI is InChI=1S/C22H26Cl2N2O3/c1-4-15(2)25-22(28)16(3)26(13-17-8-5-6-11-20(17)24)21(27)14-29-19-10-7-9-18(23)12-19/h5-12,15-16H,4,13-14H2,1-3H3,(H,25,28)/t15-,16-/m0/s1. The van der Waals surface area contributed by atoms with Gasteiger partial charge in [0.1, 0.15) is 11.8 Å². The molecule has 0 saturated heterocycles. The van der Waals surface area contributed by atoms with Crippen molar-refractivity contribution >= 4 is 35.0 Å². The zero-order valence-corrected chi connectivity index (χ0v) is 18.3. The summed E-state index contributed by atoms with van der Waals surface area (Å²) in [5.41, 5.74) is 0.758. The summed E-state index contributed by atoms with van der Waals surface area (Å²) < 4.78 is 5.59. The average Bonchev–Trinajstić information content (AvgIpc) is 2.70. The van der Waals surface area contributed by atoms with E-state index >= 15 is 0 Å². The van der Waals surface area contributed by atoms with Gasteiger partial charge < -0.3 is 15.0 Å². The number of carbonyl (C=O) groups excluding carboxylic acids is 2. The first-order valence-electron chi connectivity index (χ1n) is 9.53. The van der Waals surface area contributed by atoms with Crippen LogP contribution in [-0.2, 0) is 16.1 Å². The van der Waals surface area contributed by atoms with Gasteiger partial charge in [0.15, 0.2) is 6.61 Å². The maximum atomic E-state index is 13.0. The predicted molar refractivity (Wildman–Crippen MR) is 116 cm³/mol. The first kappa shape index (κ1) is 23.0. The van der Waals surface area contributed by atoms with Crippen LogP contribution in [0.25, 0.3) is 0 Å². The highest BCUT2D eigenvalue weighted by atomic mass is 35.5. The summed E-state index contributed by atoms with van der Waals surface area (Å²) in [6.07, 6.45) is 0.800. The van der Waals surface area contributed by atoms with Crippen molar-refractivity contribution < 1.29 is 14.3 Å². The van der Waals surface area contributed by atoms with Gasteiger partial charge in [0.05, 0.1) is 0 Å². The molecule has 0 unspecified atom stereocenters. The normalized spacial score (nSPS) is 12.7. The van der Waals surface area contributed by atoms with E-state index < -0.39 is 6.04 Å². The summed E-state index contributed by atoms with van der Waals surface area (Å²) in [5.74, 6) is -0.0561. The third kappa shape index (κ3) is 6.94. The zero-order chi connectivity index (χ0) is 21.4. The SMILES string of the molecule is CC[C@H](C)NC(=O)[C@H](C)N(Cc1ccccc1Cl)C(=O)COc1cccc(Cl)c1. The highest BCUT2D eigenvalue weighted by molar-refractivity contribution is 6.31. The Morgan fingerprint density at radius 3 is 2.48 bits per heavy atom. The van der Waals surface area contributed by atoms with E-state index in [1.165, 1.54) is 4.90 Å². The molecule has 0 aliphatic carbocycles. The molecule has 0 aromatic heterocycles. The number of nitrogens with zero attached hydrogens (tertiary/aromatic N) is 1. The molecule has 2 rings (SSSR count). The topological polar surface area (TPSA) is 58.6 Å². The largest absolute Gasteiger partial charge is 0.484 e. The van der Waals surface area contributed by atoms with E-state index in [-0.39, 0.29) is 31.0 Å². The predicted octanol–water partition coefficient (Wildman–Crippen LogP) is 4.70. The minimum absolute atomic E-state index is 0.0184. The molecule has 29 heavy (non-hydrogen) atoms. The van der Waals surface area contributed by atoms with Gasteiger partial charge in [-0.3, -0.25) is 9.59 Å². The third-order valence-electron chi connectivity index (χ3n) is 4.63. The summed E-state index contributed by atoms with van der Waals surface area (Å²) in [4.78, 5) is 27.1. The molecule has 0 saturated carbocycles. The van der Waals surface area contributed by atoms with E-state index in [9.17, 15) is 9.59 Å². The molecule has 2 aromatic rings. The van der Waals surface area contributed by atoms with Crippen molar-refractivity contribution in [3.63, 3.8) is 0 Å². The fraction of sp³-hybridized carbons (Fsp3) is 0.364. The highest BCUT2D eigenvalue weighted by Crippen LogP contribution is 2.20. The van der Waals surface area contributed by atoms with Crippen LogP contribution in [0.15, 0.2) is 48.5 Å². The number of nitrogens with one attached hydrogen (secondary N) is 1. The molecule has 0 spiro atoms. The molecule has 1 N–H and O–H groups in total. The number of hydrogen-bond donors (Lipinski definition) is 1. The average molecular weight is 437 g/mol. The number of hydrogen-bond acceptors (Lipinski definition) is 3. The Balaban J connectivity index is 2.17. The first-order chi connectivity index (χ1) is 13.8. The summed E-state index contributed by atoms with van der Waals surface area (Å²) in [7, 11) is 0. The number of halogens is 2. The number of amides is 2. The van der Waals surface area contributed by atoms with Crippen LogP contribution in [0.4, 0.5) is 0 Å². The van der Waals surface area contributed by atoms with E-state index in [2.05, 4.69) is 5.32 Å². The van der Waals surface area contributed by atoms with Gasteiger partial charge in [-0.05, 0) is 50.1 Å². The molecule has 7 heteroatoms. The molecule has 0 radical (unpaired) electrons. The number of carbonyl (C=O) groups is 2. The second kappa shape index (κ2) is 11.1. The van der Waals surface area contributed by atoms with Gasteiger partial charge in [-0.15, -0.1) is 0 Å². The molecule has 0 aliphatic rings. The Kier molecular flexibility index (Phi) is 8.80. The van der Waals surface area contributed by atoms with Gasteiger partial charge in [0, 0.05) is 22.6 Å². The third-order valence-corrected chi connectivity index (χ3v) is 5.23. The van der Waals surface area contributed by atoms with Crippen molar-refractivity contribution in [3.8, 4) is 5.75 Å². The Hall–Kier alpha value is -2.24. The Morgan fingerprint density at radius 1 is 1.10 bits per heavy atom. The molecular weight excluding hydrogens is 411 g/mol. The lowest BCUT2D eigenvalue weighted by molar-refractivity contribution is -0.142. The van der Waals surface area contributed by atoms with Crippen molar-refractivity contribution in [1.29, 1.82) is 0 Å². The molecular formula is C22H26Cl2N2O3. The summed E-state index contributed by atoms with van der Waals surface area (Å²) in [5, 5.41) is 3.98. The highest BCUT2D eigenvalue weighted by Gasteiger charge is 2.27. The minimum Gasteiger partial charge on any atom is -0.484 e. The van der Waals surface area contributed by atoms with Crippen LogP contribution in [0.2, 0.25) is 10.0 Å². The maximum Gasteiger partial charge on any atom is 0.261 e. The van der Waals surface area contributed by atoms with E-state index in [1.807, 2.05) is 32.0 Å². The smallest absolute Gasteiger partial charge is 0.261 e. The van der Waals surface area contributed by atoms with E-state index in [4.69, 9.17) is 27.9 Å². The zero-order valence-electron chi connectivity index (χ0n) is 16.8. The molecule has 0 aliphatic heterocycles. The van der Waals surface area contributed by atoms with Crippen LogP contribution >= 0.6 is 23.2 Å². The summed E-state index contributed by atoms with van der Waals surface area (Å²) in [6, 6.07) is 13.4. The molecule has 156 valence electrons. The van der Waals surface area contributed by atoms with Crippen molar-refractivity contribution in [1.82, 2.24) is 10.2 Å². The maximum absolute atomic E-state index is 13.0. The number of benzene rings is 2. The van der Waals surface area contributed by atoms with Crippen molar-refractivity contribution in [2.75, 3.05) is 6.61 Å². The van der Waals surface area contributed by atoms with Gasteiger partial charge in [0.2, 0.25) is 5.91 Å². The Bertz CT molecular complexity index is 844. The van der Waals surface area contributed by atoms with E-state index in [1.54, 1.807) is 37.3 Å². The molecule has 0 bridgehead atoms. The molecule has 0 heterocycles. The lowest BCUT2D eigenvalue weighted by Gasteiger charge is -2.30. The van der Waals surface area contributed by atoms with Crippen LogP contribution in [0.1, 0.15) is 32.8 Å². The number of rotatable bonds is 9. The Labute approximate surface area is 181 Å². The summed E-state index contributed by atoms with van der Waals surface area (Å²) >= 11 is 12.2. The van der Waals surface area contributed by atoms with Crippen molar-refractivity contribution in [2.45, 2.75) is 45.8 Å². The quantitative estimate of drug-likeness (QED) is 0.619. The monoisotopic (exact) mass is 436 g/mol. The van der Waals surface area contributed by atoms with Gasteiger partial charge in [0.25, 0.3) is 5.91 Å². The van der Waals surface area contributed by atoms with Crippen LogP contribution in [-0.4, -0.2) is 35.4 Å².